The van der Waals surface area contributed by atoms with E-state index < -0.39 is 5.97 Å². The van der Waals surface area contributed by atoms with E-state index in [1.54, 1.807) is 13.0 Å². The Morgan fingerprint density at radius 2 is 1.60 bits per heavy atom. The summed E-state index contributed by atoms with van der Waals surface area (Å²) in [4.78, 5) is 11.1. The summed E-state index contributed by atoms with van der Waals surface area (Å²) in [5.74, 6) is -0.162. The number of carbonyl (C=O) groups excluding carboxylic acids is 1. The number of fused-ring (bicyclic) bond motifs is 1. The molecule has 4 N–H and O–H groups in total. The summed E-state index contributed by atoms with van der Waals surface area (Å²) in [6.45, 7) is 5.03. The predicted molar refractivity (Wildman–Crippen MR) is 81.2 cm³/mol. The summed E-state index contributed by atoms with van der Waals surface area (Å²) in [5.41, 5.74) is 15.1. The van der Waals surface area contributed by atoms with Gasteiger partial charge in [-0.3, -0.25) is 0 Å². The van der Waals surface area contributed by atoms with Crippen LogP contribution in [-0.2, 0) is 4.79 Å². The van der Waals surface area contributed by atoms with Crippen molar-refractivity contribution in [3.05, 3.63) is 54.6 Å². The van der Waals surface area contributed by atoms with Crippen LogP contribution in [0.25, 0.3) is 11.1 Å². The fraction of sp³-hybridized carbons (Fsp3) is 0.0625. The van der Waals surface area contributed by atoms with Crippen LogP contribution in [0.2, 0.25) is 0 Å². The van der Waals surface area contributed by atoms with Gasteiger partial charge >= 0.3 is 5.97 Å². The Morgan fingerprint density at radius 3 is 1.95 bits per heavy atom. The number of hydrogen-bond acceptors (Lipinski definition) is 4. The fourth-order valence-corrected chi connectivity index (χ4v) is 1.57. The van der Waals surface area contributed by atoms with Crippen LogP contribution in [0.15, 0.2) is 54.6 Å². The number of carbonyl (C=O) groups is 1. The summed E-state index contributed by atoms with van der Waals surface area (Å²) < 4.78 is 4.94. The summed E-state index contributed by atoms with van der Waals surface area (Å²) in [7, 11) is 0. The maximum absolute atomic E-state index is 11.1. The van der Waals surface area contributed by atoms with Gasteiger partial charge in [-0.15, -0.1) is 0 Å². The van der Waals surface area contributed by atoms with Crippen LogP contribution in [0, 0.1) is 0 Å². The highest BCUT2D eigenvalue weighted by Gasteiger charge is 2.07. The highest BCUT2D eigenvalue weighted by molar-refractivity contribution is 5.89. The fourth-order valence-electron chi connectivity index (χ4n) is 1.57. The first kappa shape index (κ1) is 13.7. The third kappa shape index (κ3) is 3.62. The predicted octanol–water partition coefficient (Wildman–Crippen LogP) is 3.00. The number of ether oxygens (including phenoxy) is 1. The summed E-state index contributed by atoms with van der Waals surface area (Å²) >= 11 is 0. The summed E-state index contributed by atoms with van der Waals surface area (Å²) in [6, 6.07) is 13.1. The molecule has 0 spiro atoms. The highest BCUT2D eigenvalue weighted by Crippen LogP contribution is 2.32. The minimum Gasteiger partial charge on any atom is -0.423 e. The number of nitrogen functional groups attached to an aromatic ring is 2. The smallest absolute Gasteiger partial charge is 0.338 e. The van der Waals surface area contributed by atoms with E-state index >= 15 is 0 Å². The molecule has 0 saturated carbocycles. The van der Waals surface area contributed by atoms with E-state index in [0.717, 1.165) is 0 Å². The van der Waals surface area contributed by atoms with Crippen molar-refractivity contribution >= 4 is 17.3 Å². The molecule has 0 aliphatic heterocycles. The van der Waals surface area contributed by atoms with Gasteiger partial charge in [0.2, 0.25) is 0 Å². The molecule has 2 aliphatic rings. The van der Waals surface area contributed by atoms with Crippen molar-refractivity contribution in [2.45, 2.75) is 6.92 Å². The number of nitrogens with two attached hydrogens (primary N) is 2. The van der Waals surface area contributed by atoms with Gasteiger partial charge in [-0.05, 0) is 30.2 Å². The van der Waals surface area contributed by atoms with Crippen LogP contribution < -0.4 is 16.2 Å². The molecule has 4 heteroatoms. The molecule has 0 saturated heterocycles. The van der Waals surface area contributed by atoms with Crippen molar-refractivity contribution in [1.29, 1.82) is 0 Å². The Morgan fingerprint density at radius 1 is 1.05 bits per heavy atom. The molecule has 102 valence electrons. The molecule has 2 aliphatic carbocycles. The molecule has 4 nitrogen and oxygen atoms in total. The van der Waals surface area contributed by atoms with E-state index in [1.165, 1.54) is 23.3 Å². The molecule has 0 bridgehead atoms. The van der Waals surface area contributed by atoms with Crippen LogP contribution in [0.1, 0.15) is 6.92 Å². The zero-order valence-electron chi connectivity index (χ0n) is 11.2. The maximum atomic E-state index is 11.1. The lowest BCUT2D eigenvalue weighted by molar-refractivity contribution is -0.130. The number of rotatable bonds is 2. The SMILES string of the molecule is C=C(C)C(=O)Oc1cc(N)cc(N)c1.c1cc2cc-2c1. The number of benzene rings is 2. The molecule has 0 aromatic heterocycles. The molecule has 0 atom stereocenters. The minimum atomic E-state index is -0.491. The minimum absolute atomic E-state index is 0.325. The van der Waals surface area contributed by atoms with E-state index in [-0.39, 0.29) is 0 Å². The zero-order chi connectivity index (χ0) is 14.7. The Kier molecular flexibility index (Phi) is 3.75. The van der Waals surface area contributed by atoms with Crippen molar-refractivity contribution < 1.29 is 9.53 Å². The number of esters is 1. The van der Waals surface area contributed by atoms with Crippen molar-refractivity contribution in [1.82, 2.24) is 0 Å². The van der Waals surface area contributed by atoms with Crippen LogP contribution >= 0.6 is 0 Å². The van der Waals surface area contributed by atoms with Gasteiger partial charge in [0.25, 0.3) is 0 Å². The number of hydrogen-bond donors (Lipinski definition) is 2. The zero-order valence-corrected chi connectivity index (χ0v) is 11.2. The first-order valence-electron chi connectivity index (χ1n) is 6.10. The van der Waals surface area contributed by atoms with Crippen molar-refractivity contribution in [2.24, 2.45) is 0 Å². The third-order valence-corrected chi connectivity index (χ3v) is 2.62. The normalized spacial score (nSPS) is 10.1. The molecular formula is C16H16N2O2. The molecular weight excluding hydrogens is 252 g/mol. The Hall–Kier alpha value is -2.75. The average molecular weight is 268 g/mol. The lowest BCUT2D eigenvalue weighted by Crippen LogP contribution is -2.08. The highest BCUT2D eigenvalue weighted by atomic mass is 16.5. The lowest BCUT2D eigenvalue weighted by atomic mass is 10.2. The van der Waals surface area contributed by atoms with Gasteiger partial charge in [-0.25, -0.2) is 4.79 Å². The third-order valence-electron chi connectivity index (χ3n) is 2.62. The largest absolute Gasteiger partial charge is 0.423 e. The molecule has 0 unspecified atom stereocenters. The van der Waals surface area contributed by atoms with Crippen molar-refractivity contribution in [3.8, 4) is 16.9 Å². The molecule has 20 heavy (non-hydrogen) atoms. The van der Waals surface area contributed by atoms with Crippen LogP contribution in [0.5, 0.6) is 5.75 Å². The molecule has 3 rings (SSSR count). The molecule has 1 aromatic rings. The van der Waals surface area contributed by atoms with Gasteiger partial charge in [-0.1, -0.05) is 24.8 Å². The van der Waals surface area contributed by atoms with Gasteiger partial charge < -0.3 is 16.2 Å². The Bertz CT molecular complexity index is 640. The average Bonchev–Trinajstić information content (AvgIpc) is 2.95. The van der Waals surface area contributed by atoms with Crippen LogP contribution in [-0.4, -0.2) is 5.97 Å². The molecule has 0 amide bonds. The topological polar surface area (TPSA) is 78.3 Å². The van der Waals surface area contributed by atoms with Gasteiger partial charge in [0.1, 0.15) is 5.75 Å². The van der Waals surface area contributed by atoms with E-state index in [2.05, 4.69) is 30.8 Å². The molecule has 1 aromatic carbocycles. The standard InChI is InChI=1S/C10H12N2O2.C6H4/c1-6(2)10(13)14-9-4-7(11)3-8(12)5-9;1-2-5-4-6(5)3-1/h3-5H,1,11-12H2,2H3;1-4H. The summed E-state index contributed by atoms with van der Waals surface area (Å²) in [6.07, 6.45) is 0. The van der Waals surface area contributed by atoms with E-state index in [0.29, 0.717) is 22.7 Å². The van der Waals surface area contributed by atoms with Gasteiger partial charge in [-0.2, -0.15) is 0 Å². The van der Waals surface area contributed by atoms with Gasteiger partial charge in [0, 0.05) is 29.1 Å². The van der Waals surface area contributed by atoms with E-state index in [4.69, 9.17) is 16.2 Å². The second-order valence-corrected chi connectivity index (χ2v) is 4.59. The first-order chi connectivity index (χ1) is 9.45. The lowest BCUT2D eigenvalue weighted by Gasteiger charge is -2.05. The van der Waals surface area contributed by atoms with E-state index in [1.807, 2.05) is 0 Å². The molecule has 0 heterocycles. The Balaban J connectivity index is 0.000000198. The second-order valence-electron chi connectivity index (χ2n) is 4.59. The van der Waals surface area contributed by atoms with Crippen molar-refractivity contribution in [3.63, 3.8) is 0 Å². The first-order valence-corrected chi connectivity index (χ1v) is 6.10. The van der Waals surface area contributed by atoms with Crippen molar-refractivity contribution in [2.75, 3.05) is 11.5 Å². The number of anilines is 2. The monoisotopic (exact) mass is 268 g/mol. The molecule has 0 radical (unpaired) electrons. The van der Waals surface area contributed by atoms with E-state index in [9.17, 15) is 4.79 Å². The van der Waals surface area contributed by atoms with Crippen LogP contribution in [0.3, 0.4) is 0 Å². The van der Waals surface area contributed by atoms with Gasteiger partial charge in [0.15, 0.2) is 0 Å². The Labute approximate surface area is 117 Å². The summed E-state index contributed by atoms with van der Waals surface area (Å²) in [5, 5.41) is 0. The second kappa shape index (κ2) is 5.48. The quantitative estimate of drug-likeness (QED) is 0.324. The van der Waals surface area contributed by atoms with Crippen LogP contribution in [0.4, 0.5) is 11.4 Å². The molecule has 0 fully saturated rings. The maximum Gasteiger partial charge on any atom is 0.338 e. The van der Waals surface area contributed by atoms with Gasteiger partial charge in [0.05, 0.1) is 0 Å².